The smallest absolute Gasteiger partial charge is 0.247 e. The molecule has 3 heterocycles. The van der Waals surface area contributed by atoms with Gasteiger partial charge >= 0.3 is 0 Å². The van der Waals surface area contributed by atoms with Crippen LogP contribution in [0.1, 0.15) is 39.0 Å². The Balaban J connectivity index is 1.75. The van der Waals surface area contributed by atoms with E-state index in [1.165, 1.54) is 32.1 Å². The maximum atomic E-state index is 4.73. The highest BCUT2D eigenvalue weighted by atomic mass is 15.3. The van der Waals surface area contributed by atoms with Crippen molar-refractivity contribution in [2.45, 2.75) is 39.0 Å². The van der Waals surface area contributed by atoms with E-state index in [4.69, 9.17) is 4.98 Å². The van der Waals surface area contributed by atoms with E-state index in [2.05, 4.69) is 26.9 Å². The first-order valence-corrected chi connectivity index (χ1v) is 7.52. The number of hydrogen-bond acceptors (Lipinski definition) is 5. The summed E-state index contributed by atoms with van der Waals surface area (Å²) in [6.07, 6.45) is 8.21. The zero-order chi connectivity index (χ0) is 13.1. The fourth-order valence-corrected chi connectivity index (χ4v) is 3.06. The number of aromatic nitrogens is 3. The molecule has 0 aliphatic carbocycles. The predicted octanol–water partition coefficient (Wildman–Crippen LogP) is 2.10. The van der Waals surface area contributed by atoms with E-state index in [1.807, 2.05) is 6.20 Å². The summed E-state index contributed by atoms with van der Waals surface area (Å²) >= 11 is 0. The van der Waals surface area contributed by atoms with Crippen LogP contribution in [0.3, 0.4) is 0 Å². The van der Waals surface area contributed by atoms with Crippen molar-refractivity contribution in [1.82, 2.24) is 15.2 Å². The molecule has 0 amide bonds. The van der Waals surface area contributed by atoms with Gasteiger partial charge in [-0.25, -0.2) is 0 Å². The molecule has 2 fully saturated rings. The largest absolute Gasteiger partial charge is 0.355 e. The molecule has 0 aromatic carbocycles. The van der Waals surface area contributed by atoms with E-state index in [9.17, 15) is 0 Å². The summed E-state index contributed by atoms with van der Waals surface area (Å²) in [6, 6.07) is 0. The van der Waals surface area contributed by atoms with E-state index in [0.717, 1.165) is 43.9 Å². The third kappa shape index (κ3) is 2.96. The molecule has 1 aromatic rings. The Labute approximate surface area is 115 Å². The Bertz CT molecular complexity index is 416. The first-order chi connectivity index (χ1) is 9.33. The second kappa shape index (κ2) is 5.72. The molecule has 1 unspecified atom stereocenters. The second-order valence-electron chi connectivity index (χ2n) is 5.86. The Morgan fingerprint density at radius 1 is 1.05 bits per heavy atom. The van der Waals surface area contributed by atoms with E-state index < -0.39 is 0 Å². The van der Waals surface area contributed by atoms with Gasteiger partial charge in [0.05, 0.1) is 6.20 Å². The molecule has 5 nitrogen and oxygen atoms in total. The van der Waals surface area contributed by atoms with Gasteiger partial charge in [0.2, 0.25) is 5.95 Å². The quantitative estimate of drug-likeness (QED) is 0.816. The van der Waals surface area contributed by atoms with Gasteiger partial charge < -0.3 is 9.80 Å². The SMILES string of the molecule is CC1CCCN(c2cnnc(N3CCCCC3)n2)C1. The zero-order valence-corrected chi connectivity index (χ0v) is 11.8. The minimum absolute atomic E-state index is 0.752. The number of hydrogen-bond donors (Lipinski definition) is 0. The van der Waals surface area contributed by atoms with Crippen molar-refractivity contribution in [2.75, 3.05) is 36.0 Å². The maximum Gasteiger partial charge on any atom is 0.247 e. The summed E-state index contributed by atoms with van der Waals surface area (Å²) in [6.45, 7) is 6.65. The van der Waals surface area contributed by atoms with Gasteiger partial charge in [0.15, 0.2) is 5.82 Å². The van der Waals surface area contributed by atoms with Crippen LogP contribution in [0.4, 0.5) is 11.8 Å². The van der Waals surface area contributed by atoms with Gasteiger partial charge in [-0.1, -0.05) is 6.92 Å². The van der Waals surface area contributed by atoms with E-state index in [0.29, 0.717) is 0 Å². The van der Waals surface area contributed by atoms with Crippen molar-refractivity contribution in [2.24, 2.45) is 5.92 Å². The molecule has 104 valence electrons. The Hall–Kier alpha value is -1.39. The molecular weight excluding hydrogens is 238 g/mol. The summed E-state index contributed by atoms with van der Waals surface area (Å²) in [5.74, 6) is 2.57. The van der Waals surface area contributed by atoms with Gasteiger partial charge in [0, 0.05) is 26.2 Å². The molecule has 1 atom stereocenters. The van der Waals surface area contributed by atoms with Gasteiger partial charge in [0.1, 0.15) is 0 Å². The summed E-state index contributed by atoms with van der Waals surface area (Å²) in [5.41, 5.74) is 0. The van der Waals surface area contributed by atoms with E-state index in [-0.39, 0.29) is 0 Å². The third-order valence-electron chi connectivity index (χ3n) is 4.15. The highest BCUT2D eigenvalue weighted by Crippen LogP contribution is 2.22. The number of piperidine rings is 2. The van der Waals surface area contributed by atoms with Crippen molar-refractivity contribution in [3.05, 3.63) is 6.20 Å². The topological polar surface area (TPSA) is 45.2 Å². The van der Waals surface area contributed by atoms with E-state index >= 15 is 0 Å². The number of nitrogens with zero attached hydrogens (tertiary/aromatic N) is 5. The van der Waals surface area contributed by atoms with E-state index in [1.54, 1.807) is 0 Å². The molecule has 2 aliphatic heterocycles. The van der Waals surface area contributed by atoms with Gasteiger partial charge in [0.25, 0.3) is 0 Å². The monoisotopic (exact) mass is 261 g/mol. The molecule has 19 heavy (non-hydrogen) atoms. The lowest BCUT2D eigenvalue weighted by molar-refractivity contribution is 0.443. The summed E-state index contributed by atoms with van der Waals surface area (Å²) in [4.78, 5) is 9.36. The van der Waals surface area contributed by atoms with Crippen LogP contribution in [0, 0.1) is 5.92 Å². The van der Waals surface area contributed by atoms with Crippen LogP contribution in [0.25, 0.3) is 0 Å². The van der Waals surface area contributed by atoms with Crippen molar-refractivity contribution in [3.8, 4) is 0 Å². The Morgan fingerprint density at radius 3 is 2.63 bits per heavy atom. The van der Waals surface area contributed by atoms with Crippen LogP contribution in [-0.2, 0) is 0 Å². The average Bonchev–Trinajstić information content (AvgIpc) is 2.48. The standard InChI is InChI=1S/C14H23N5/c1-12-6-5-9-19(11-12)13-10-15-17-14(16-13)18-7-3-2-4-8-18/h10,12H,2-9,11H2,1H3. The number of anilines is 2. The molecular formula is C14H23N5. The fraction of sp³-hybridized carbons (Fsp3) is 0.786. The van der Waals surface area contributed by atoms with Gasteiger partial charge in [-0.05, 0) is 38.0 Å². The molecule has 5 heteroatoms. The van der Waals surface area contributed by atoms with Crippen LogP contribution in [-0.4, -0.2) is 41.4 Å². The average molecular weight is 261 g/mol. The van der Waals surface area contributed by atoms with Gasteiger partial charge in [-0.2, -0.15) is 10.1 Å². The van der Waals surface area contributed by atoms with Gasteiger partial charge in [-0.15, -0.1) is 5.10 Å². The minimum atomic E-state index is 0.752. The first-order valence-electron chi connectivity index (χ1n) is 7.52. The summed E-state index contributed by atoms with van der Waals surface area (Å²) < 4.78 is 0. The molecule has 2 aliphatic rings. The summed E-state index contributed by atoms with van der Waals surface area (Å²) in [7, 11) is 0. The molecule has 1 aromatic heterocycles. The lowest BCUT2D eigenvalue weighted by Crippen LogP contribution is -2.36. The van der Waals surface area contributed by atoms with Crippen LogP contribution < -0.4 is 9.80 Å². The molecule has 0 spiro atoms. The van der Waals surface area contributed by atoms with Crippen molar-refractivity contribution < 1.29 is 0 Å². The molecule has 2 saturated heterocycles. The number of rotatable bonds is 2. The lowest BCUT2D eigenvalue weighted by Gasteiger charge is -2.32. The normalized spacial score (nSPS) is 24.6. The van der Waals surface area contributed by atoms with Crippen molar-refractivity contribution in [3.63, 3.8) is 0 Å². The van der Waals surface area contributed by atoms with Crippen molar-refractivity contribution >= 4 is 11.8 Å². The first kappa shape index (κ1) is 12.6. The predicted molar refractivity (Wildman–Crippen MR) is 76.5 cm³/mol. The van der Waals surface area contributed by atoms with Crippen LogP contribution >= 0.6 is 0 Å². The fourth-order valence-electron chi connectivity index (χ4n) is 3.06. The molecule has 3 rings (SSSR count). The minimum Gasteiger partial charge on any atom is -0.355 e. The summed E-state index contributed by atoms with van der Waals surface area (Å²) in [5, 5.41) is 8.38. The molecule has 0 bridgehead atoms. The van der Waals surface area contributed by atoms with Crippen LogP contribution in [0.2, 0.25) is 0 Å². The van der Waals surface area contributed by atoms with Crippen molar-refractivity contribution in [1.29, 1.82) is 0 Å². The van der Waals surface area contributed by atoms with Crippen LogP contribution in [0.15, 0.2) is 6.20 Å². The molecule has 0 N–H and O–H groups in total. The van der Waals surface area contributed by atoms with Crippen LogP contribution in [0.5, 0.6) is 0 Å². The highest BCUT2D eigenvalue weighted by Gasteiger charge is 2.20. The maximum absolute atomic E-state index is 4.73. The third-order valence-corrected chi connectivity index (χ3v) is 4.15. The highest BCUT2D eigenvalue weighted by molar-refractivity contribution is 5.42. The molecule has 0 radical (unpaired) electrons. The lowest BCUT2D eigenvalue weighted by atomic mass is 10.0. The molecule has 0 saturated carbocycles. The van der Waals surface area contributed by atoms with Gasteiger partial charge in [-0.3, -0.25) is 0 Å². The zero-order valence-electron chi connectivity index (χ0n) is 11.8. The Kier molecular flexibility index (Phi) is 3.80. The second-order valence-corrected chi connectivity index (χ2v) is 5.86. The Morgan fingerprint density at radius 2 is 1.84 bits per heavy atom.